The topological polar surface area (TPSA) is 28.4 Å². The van der Waals surface area contributed by atoms with Crippen molar-refractivity contribution in [2.45, 2.75) is 33.0 Å². The molecule has 0 aliphatic rings. The number of benzene rings is 1. The molecule has 0 aliphatic carbocycles. The van der Waals surface area contributed by atoms with Gasteiger partial charge in [-0.15, -0.1) is 0 Å². The summed E-state index contributed by atoms with van der Waals surface area (Å²) in [4.78, 5) is 2.20. The van der Waals surface area contributed by atoms with Gasteiger partial charge in [-0.1, -0.05) is 36.7 Å². The highest BCUT2D eigenvalue weighted by atomic mass is 35.5. The molecule has 0 atom stereocenters. The van der Waals surface area contributed by atoms with Crippen LogP contribution in [0.2, 0.25) is 5.02 Å². The Bertz CT molecular complexity index is 553. The van der Waals surface area contributed by atoms with Gasteiger partial charge in [-0.25, -0.2) is 0 Å². The van der Waals surface area contributed by atoms with Gasteiger partial charge in [0.25, 0.3) is 0 Å². The summed E-state index contributed by atoms with van der Waals surface area (Å²) in [7, 11) is 2.07. The Labute approximate surface area is 131 Å². The van der Waals surface area contributed by atoms with Crippen molar-refractivity contribution in [3.63, 3.8) is 0 Å². The molecule has 1 N–H and O–H groups in total. The first kappa shape index (κ1) is 16.1. The van der Waals surface area contributed by atoms with E-state index in [1.807, 2.05) is 24.5 Å². The van der Waals surface area contributed by atoms with Crippen molar-refractivity contribution in [3.05, 3.63) is 58.5 Å². The van der Waals surface area contributed by atoms with Gasteiger partial charge in [0.05, 0.1) is 12.8 Å². The van der Waals surface area contributed by atoms with Gasteiger partial charge in [0, 0.05) is 23.7 Å². The molecule has 2 rings (SSSR count). The fourth-order valence-corrected chi connectivity index (χ4v) is 2.45. The minimum Gasteiger partial charge on any atom is -0.468 e. The van der Waals surface area contributed by atoms with Gasteiger partial charge in [0.15, 0.2) is 0 Å². The molecule has 21 heavy (non-hydrogen) atoms. The molecular weight excluding hydrogens is 284 g/mol. The van der Waals surface area contributed by atoms with Crippen LogP contribution >= 0.6 is 11.6 Å². The Morgan fingerprint density at radius 1 is 1.24 bits per heavy atom. The van der Waals surface area contributed by atoms with Crippen molar-refractivity contribution in [1.29, 1.82) is 0 Å². The Morgan fingerprint density at radius 3 is 2.81 bits per heavy atom. The third-order valence-electron chi connectivity index (χ3n) is 3.29. The summed E-state index contributed by atoms with van der Waals surface area (Å²) in [6.45, 7) is 5.65. The van der Waals surface area contributed by atoms with Crippen molar-refractivity contribution in [1.82, 2.24) is 10.2 Å². The maximum Gasteiger partial charge on any atom is 0.118 e. The first-order chi connectivity index (χ1) is 10.2. The number of furan rings is 1. The predicted molar refractivity (Wildman–Crippen MR) is 87.3 cm³/mol. The molecule has 0 aliphatic heterocycles. The lowest BCUT2D eigenvalue weighted by Crippen LogP contribution is -2.17. The number of hydrogen-bond acceptors (Lipinski definition) is 3. The fraction of sp³-hybridized carbons (Fsp3) is 0.412. The zero-order valence-electron chi connectivity index (χ0n) is 12.7. The van der Waals surface area contributed by atoms with Crippen molar-refractivity contribution < 1.29 is 4.42 Å². The zero-order chi connectivity index (χ0) is 15.1. The molecule has 114 valence electrons. The van der Waals surface area contributed by atoms with Crippen LogP contribution in [0.25, 0.3) is 0 Å². The van der Waals surface area contributed by atoms with Crippen LogP contribution in [0, 0.1) is 0 Å². The lowest BCUT2D eigenvalue weighted by Gasteiger charge is -2.15. The first-order valence-corrected chi connectivity index (χ1v) is 7.75. The number of halogens is 1. The van der Waals surface area contributed by atoms with Crippen molar-refractivity contribution >= 4 is 11.6 Å². The second-order valence-corrected chi connectivity index (χ2v) is 5.77. The molecule has 0 fully saturated rings. The molecule has 0 saturated carbocycles. The molecule has 1 heterocycles. The monoisotopic (exact) mass is 306 g/mol. The van der Waals surface area contributed by atoms with E-state index in [0.29, 0.717) is 0 Å². The van der Waals surface area contributed by atoms with Crippen LogP contribution < -0.4 is 5.32 Å². The molecule has 0 unspecified atom stereocenters. The summed E-state index contributed by atoms with van der Waals surface area (Å²) < 4.78 is 5.62. The van der Waals surface area contributed by atoms with Gasteiger partial charge in [0.2, 0.25) is 0 Å². The highest BCUT2D eigenvalue weighted by molar-refractivity contribution is 6.31. The maximum atomic E-state index is 6.19. The summed E-state index contributed by atoms with van der Waals surface area (Å²) in [6, 6.07) is 10.1. The summed E-state index contributed by atoms with van der Waals surface area (Å²) in [5.74, 6) is 0.984. The van der Waals surface area contributed by atoms with Gasteiger partial charge < -0.3 is 9.73 Å². The lowest BCUT2D eigenvalue weighted by atomic mass is 10.2. The average Bonchev–Trinajstić information content (AvgIpc) is 2.89. The van der Waals surface area contributed by atoms with Crippen LogP contribution in [0.4, 0.5) is 0 Å². The molecule has 0 radical (unpaired) electrons. The largest absolute Gasteiger partial charge is 0.468 e. The normalized spacial score (nSPS) is 11.2. The zero-order valence-corrected chi connectivity index (χ0v) is 13.5. The molecule has 0 bridgehead atoms. The minimum atomic E-state index is 0.777. The van der Waals surface area contributed by atoms with E-state index < -0.39 is 0 Å². The van der Waals surface area contributed by atoms with Crippen LogP contribution in [0.1, 0.15) is 30.2 Å². The summed E-state index contributed by atoms with van der Waals surface area (Å²) >= 11 is 6.19. The molecule has 1 aromatic heterocycles. The Morgan fingerprint density at radius 2 is 2.05 bits per heavy atom. The smallest absolute Gasteiger partial charge is 0.118 e. The van der Waals surface area contributed by atoms with Crippen LogP contribution in [0.3, 0.4) is 0 Å². The van der Waals surface area contributed by atoms with Crippen molar-refractivity contribution in [2.24, 2.45) is 0 Å². The molecule has 2 aromatic rings. The van der Waals surface area contributed by atoms with Gasteiger partial charge >= 0.3 is 0 Å². The van der Waals surface area contributed by atoms with Gasteiger partial charge in [-0.2, -0.15) is 0 Å². The Balaban J connectivity index is 1.85. The lowest BCUT2D eigenvalue weighted by molar-refractivity contribution is 0.288. The van der Waals surface area contributed by atoms with Crippen LogP contribution in [0.15, 0.2) is 41.0 Å². The molecule has 0 amide bonds. The number of nitrogens with zero attached hydrogens (tertiary/aromatic N) is 1. The molecule has 4 heteroatoms. The third kappa shape index (κ3) is 5.20. The van der Waals surface area contributed by atoms with Crippen LogP contribution in [-0.2, 0) is 19.6 Å². The molecule has 0 spiro atoms. The maximum absolute atomic E-state index is 6.19. The second kappa shape index (κ2) is 8.23. The molecule has 3 nitrogen and oxygen atoms in total. The first-order valence-electron chi connectivity index (χ1n) is 7.38. The summed E-state index contributed by atoms with van der Waals surface area (Å²) in [6.07, 6.45) is 2.98. The average molecular weight is 307 g/mol. The summed E-state index contributed by atoms with van der Waals surface area (Å²) in [5.41, 5.74) is 2.34. The Kier molecular flexibility index (Phi) is 6.30. The van der Waals surface area contributed by atoms with E-state index in [9.17, 15) is 0 Å². The number of nitrogens with one attached hydrogen (secondary N) is 1. The van der Waals surface area contributed by atoms with Gasteiger partial charge in [-0.05, 0) is 37.7 Å². The van der Waals surface area contributed by atoms with E-state index in [4.69, 9.17) is 16.0 Å². The van der Waals surface area contributed by atoms with Gasteiger partial charge in [-0.3, -0.25) is 4.90 Å². The molecule has 1 aromatic carbocycles. The Hall–Kier alpha value is -1.29. The standard InChI is InChI=1S/C17H23ClN2O/c1-3-8-19-10-14-9-16(21-13-14)12-20(2)11-15-6-4-5-7-17(15)18/h4-7,9,13,19H,3,8,10-12H2,1-2H3. The van der Waals surface area contributed by atoms with E-state index in [1.165, 1.54) is 5.56 Å². The van der Waals surface area contributed by atoms with Gasteiger partial charge in [0.1, 0.15) is 5.76 Å². The molecular formula is C17H23ClN2O. The third-order valence-corrected chi connectivity index (χ3v) is 3.66. The highest BCUT2D eigenvalue weighted by Crippen LogP contribution is 2.18. The van der Waals surface area contributed by atoms with Crippen LogP contribution in [0.5, 0.6) is 0 Å². The fourth-order valence-electron chi connectivity index (χ4n) is 2.25. The van der Waals surface area contributed by atoms with E-state index in [-0.39, 0.29) is 0 Å². The number of hydrogen-bond donors (Lipinski definition) is 1. The van der Waals surface area contributed by atoms with Crippen molar-refractivity contribution in [3.8, 4) is 0 Å². The van der Waals surface area contributed by atoms with Crippen LogP contribution in [-0.4, -0.2) is 18.5 Å². The van der Waals surface area contributed by atoms with E-state index in [0.717, 1.165) is 48.9 Å². The predicted octanol–water partition coefficient (Wildman–Crippen LogP) is 4.06. The highest BCUT2D eigenvalue weighted by Gasteiger charge is 2.08. The molecule has 0 saturated heterocycles. The van der Waals surface area contributed by atoms with Crippen molar-refractivity contribution in [2.75, 3.05) is 13.6 Å². The van der Waals surface area contributed by atoms with E-state index >= 15 is 0 Å². The van der Waals surface area contributed by atoms with E-state index in [2.05, 4.69) is 36.3 Å². The number of rotatable bonds is 8. The second-order valence-electron chi connectivity index (χ2n) is 5.36. The SMILES string of the molecule is CCCNCc1coc(CN(C)Cc2ccccc2Cl)c1. The minimum absolute atomic E-state index is 0.777. The summed E-state index contributed by atoms with van der Waals surface area (Å²) in [5, 5.41) is 4.19. The van der Waals surface area contributed by atoms with E-state index in [1.54, 1.807) is 0 Å². The quantitative estimate of drug-likeness (QED) is 0.745.